The Labute approximate surface area is 121 Å². The fourth-order valence-electron chi connectivity index (χ4n) is 2.02. The first-order chi connectivity index (χ1) is 9.34. The van der Waals surface area contributed by atoms with Crippen LogP contribution in [0.3, 0.4) is 0 Å². The maximum atomic E-state index is 12.2. The van der Waals surface area contributed by atoms with Gasteiger partial charge >= 0.3 is 0 Å². The molecule has 0 atom stereocenters. The number of ether oxygens (including phenoxy) is 1. The second kappa shape index (κ2) is 7.39. The maximum Gasteiger partial charge on any atom is 0.164 e. The molecule has 20 heavy (non-hydrogen) atoms. The predicted octanol–water partition coefficient (Wildman–Crippen LogP) is 3.21. The molecule has 0 aliphatic carbocycles. The van der Waals surface area contributed by atoms with Crippen molar-refractivity contribution < 1.29 is 9.53 Å². The SMILES string of the molecule is CC(C)Oc1cncc(C(=O)CCC(C)(C)CCN)c1. The average molecular weight is 278 g/mol. The van der Waals surface area contributed by atoms with Gasteiger partial charge in [-0.3, -0.25) is 9.78 Å². The summed E-state index contributed by atoms with van der Waals surface area (Å²) >= 11 is 0. The van der Waals surface area contributed by atoms with Crippen LogP contribution < -0.4 is 10.5 Å². The van der Waals surface area contributed by atoms with Crippen molar-refractivity contribution in [3.05, 3.63) is 24.0 Å². The lowest BCUT2D eigenvalue weighted by molar-refractivity contribution is 0.0960. The molecule has 0 fully saturated rings. The van der Waals surface area contributed by atoms with E-state index in [1.165, 1.54) is 0 Å². The number of aromatic nitrogens is 1. The zero-order valence-corrected chi connectivity index (χ0v) is 13.0. The third kappa shape index (κ3) is 5.70. The molecule has 0 spiro atoms. The van der Waals surface area contributed by atoms with E-state index >= 15 is 0 Å². The molecule has 0 saturated carbocycles. The van der Waals surface area contributed by atoms with Gasteiger partial charge in [-0.2, -0.15) is 0 Å². The van der Waals surface area contributed by atoms with Gasteiger partial charge in [0.15, 0.2) is 5.78 Å². The summed E-state index contributed by atoms with van der Waals surface area (Å²) in [6.07, 6.45) is 5.58. The van der Waals surface area contributed by atoms with E-state index in [4.69, 9.17) is 10.5 Å². The van der Waals surface area contributed by atoms with Gasteiger partial charge in [-0.1, -0.05) is 13.8 Å². The van der Waals surface area contributed by atoms with E-state index in [1.807, 2.05) is 13.8 Å². The molecule has 1 rings (SSSR count). The van der Waals surface area contributed by atoms with E-state index in [1.54, 1.807) is 18.5 Å². The molecule has 0 aliphatic heterocycles. The first kappa shape index (κ1) is 16.6. The molecule has 0 unspecified atom stereocenters. The maximum absolute atomic E-state index is 12.2. The highest BCUT2D eigenvalue weighted by atomic mass is 16.5. The van der Waals surface area contributed by atoms with Crippen molar-refractivity contribution in [2.24, 2.45) is 11.1 Å². The van der Waals surface area contributed by atoms with Gasteiger partial charge in [0, 0.05) is 18.2 Å². The van der Waals surface area contributed by atoms with Gasteiger partial charge in [0.1, 0.15) is 5.75 Å². The van der Waals surface area contributed by atoms with E-state index in [-0.39, 0.29) is 17.3 Å². The van der Waals surface area contributed by atoms with E-state index in [0.29, 0.717) is 24.3 Å². The summed E-state index contributed by atoms with van der Waals surface area (Å²) in [5, 5.41) is 0. The van der Waals surface area contributed by atoms with Crippen LogP contribution in [0.25, 0.3) is 0 Å². The molecular weight excluding hydrogens is 252 g/mol. The zero-order chi connectivity index (χ0) is 15.2. The number of nitrogens with zero attached hydrogens (tertiary/aromatic N) is 1. The van der Waals surface area contributed by atoms with Gasteiger partial charge in [-0.25, -0.2) is 0 Å². The summed E-state index contributed by atoms with van der Waals surface area (Å²) in [7, 11) is 0. The minimum atomic E-state index is 0.0747. The largest absolute Gasteiger partial charge is 0.489 e. The van der Waals surface area contributed by atoms with Crippen LogP contribution in [0.5, 0.6) is 5.75 Å². The summed E-state index contributed by atoms with van der Waals surface area (Å²) in [5.74, 6) is 0.754. The van der Waals surface area contributed by atoms with Crippen LogP contribution in [0.2, 0.25) is 0 Å². The number of nitrogens with two attached hydrogens (primary N) is 1. The van der Waals surface area contributed by atoms with E-state index in [0.717, 1.165) is 12.8 Å². The molecule has 1 aromatic heterocycles. The third-order valence-electron chi connectivity index (χ3n) is 3.26. The van der Waals surface area contributed by atoms with Gasteiger partial charge in [-0.15, -0.1) is 0 Å². The Morgan fingerprint density at radius 2 is 2.05 bits per heavy atom. The van der Waals surface area contributed by atoms with Gasteiger partial charge in [0.2, 0.25) is 0 Å². The zero-order valence-electron chi connectivity index (χ0n) is 13.0. The monoisotopic (exact) mass is 278 g/mol. The van der Waals surface area contributed by atoms with Crippen LogP contribution in [0.15, 0.2) is 18.5 Å². The molecule has 112 valence electrons. The lowest BCUT2D eigenvalue weighted by atomic mass is 9.83. The van der Waals surface area contributed by atoms with Crippen molar-refractivity contribution in [3.63, 3.8) is 0 Å². The topological polar surface area (TPSA) is 65.2 Å². The molecule has 0 aliphatic rings. The number of hydrogen-bond acceptors (Lipinski definition) is 4. The smallest absolute Gasteiger partial charge is 0.164 e. The summed E-state index contributed by atoms with van der Waals surface area (Å²) in [6, 6.07) is 1.77. The Morgan fingerprint density at radius 1 is 1.35 bits per heavy atom. The highest BCUT2D eigenvalue weighted by molar-refractivity contribution is 5.96. The van der Waals surface area contributed by atoms with Crippen LogP contribution in [-0.4, -0.2) is 23.4 Å². The number of Topliss-reactive ketones (excluding diaryl/α,β-unsaturated/α-hetero) is 1. The standard InChI is InChI=1S/C16H26N2O2/c1-12(2)20-14-9-13(10-18-11-14)15(19)5-6-16(3,4)7-8-17/h9-12H,5-8,17H2,1-4H3. The minimum Gasteiger partial charge on any atom is -0.489 e. The Kier molecular flexibility index (Phi) is 6.14. The first-order valence-corrected chi connectivity index (χ1v) is 7.19. The highest BCUT2D eigenvalue weighted by Crippen LogP contribution is 2.27. The minimum absolute atomic E-state index is 0.0747. The van der Waals surface area contributed by atoms with Gasteiger partial charge in [0.05, 0.1) is 12.3 Å². The molecule has 0 radical (unpaired) electrons. The molecule has 1 aromatic rings. The Balaban J connectivity index is 2.63. The van der Waals surface area contributed by atoms with Crippen molar-refractivity contribution >= 4 is 5.78 Å². The quantitative estimate of drug-likeness (QED) is 0.742. The highest BCUT2D eigenvalue weighted by Gasteiger charge is 2.19. The lowest BCUT2D eigenvalue weighted by Gasteiger charge is -2.23. The second-order valence-electron chi connectivity index (χ2n) is 6.20. The fourth-order valence-corrected chi connectivity index (χ4v) is 2.02. The van der Waals surface area contributed by atoms with Crippen molar-refractivity contribution in [1.82, 2.24) is 4.98 Å². The van der Waals surface area contributed by atoms with E-state index < -0.39 is 0 Å². The van der Waals surface area contributed by atoms with Crippen LogP contribution in [0.4, 0.5) is 0 Å². The molecule has 4 nitrogen and oxygen atoms in total. The fraction of sp³-hybridized carbons (Fsp3) is 0.625. The number of carbonyl (C=O) groups excluding carboxylic acids is 1. The van der Waals surface area contributed by atoms with E-state index in [2.05, 4.69) is 18.8 Å². The Hall–Kier alpha value is -1.42. The van der Waals surface area contributed by atoms with Crippen LogP contribution in [-0.2, 0) is 0 Å². The van der Waals surface area contributed by atoms with Crippen molar-refractivity contribution in [2.75, 3.05) is 6.54 Å². The average Bonchev–Trinajstić information content (AvgIpc) is 2.35. The first-order valence-electron chi connectivity index (χ1n) is 7.19. The van der Waals surface area contributed by atoms with Crippen LogP contribution >= 0.6 is 0 Å². The van der Waals surface area contributed by atoms with Gasteiger partial charge in [-0.05, 0) is 44.7 Å². The number of hydrogen-bond donors (Lipinski definition) is 1. The number of carbonyl (C=O) groups is 1. The third-order valence-corrected chi connectivity index (χ3v) is 3.26. The number of rotatable bonds is 8. The predicted molar refractivity (Wildman–Crippen MR) is 81.0 cm³/mol. The number of pyridine rings is 1. The van der Waals surface area contributed by atoms with Crippen molar-refractivity contribution in [3.8, 4) is 5.75 Å². The molecule has 2 N–H and O–H groups in total. The Morgan fingerprint density at radius 3 is 2.65 bits per heavy atom. The van der Waals surface area contributed by atoms with Gasteiger partial charge in [0.25, 0.3) is 0 Å². The Bertz CT molecular complexity index is 442. The lowest BCUT2D eigenvalue weighted by Crippen LogP contribution is -2.18. The second-order valence-corrected chi connectivity index (χ2v) is 6.20. The van der Waals surface area contributed by atoms with Crippen LogP contribution in [0, 0.1) is 5.41 Å². The molecular formula is C16H26N2O2. The van der Waals surface area contributed by atoms with Crippen molar-refractivity contribution in [1.29, 1.82) is 0 Å². The molecule has 0 bridgehead atoms. The van der Waals surface area contributed by atoms with Gasteiger partial charge < -0.3 is 10.5 Å². The van der Waals surface area contributed by atoms with Crippen molar-refractivity contribution in [2.45, 2.75) is 53.1 Å². The molecule has 0 amide bonds. The molecule has 0 saturated heterocycles. The molecule has 0 aromatic carbocycles. The normalized spacial score (nSPS) is 11.7. The number of ketones is 1. The summed E-state index contributed by atoms with van der Waals surface area (Å²) in [4.78, 5) is 16.3. The van der Waals surface area contributed by atoms with Crippen LogP contribution in [0.1, 0.15) is 57.3 Å². The summed E-state index contributed by atoms with van der Waals surface area (Å²) < 4.78 is 5.56. The molecule has 1 heterocycles. The summed E-state index contributed by atoms with van der Waals surface area (Å²) in [5.41, 5.74) is 6.31. The molecule has 4 heteroatoms. The summed E-state index contributed by atoms with van der Waals surface area (Å²) in [6.45, 7) is 8.83. The van der Waals surface area contributed by atoms with E-state index in [9.17, 15) is 4.79 Å².